The molecule has 0 atom stereocenters. The lowest BCUT2D eigenvalue weighted by Gasteiger charge is -2.01. The topological polar surface area (TPSA) is 65.8 Å². The van der Waals surface area contributed by atoms with E-state index in [1.54, 1.807) is 18.2 Å². The van der Waals surface area contributed by atoms with Crippen LogP contribution in [0, 0.1) is 11.3 Å². The smallest absolute Gasteiger partial charge is 0.266 e. The van der Waals surface area contributed by atoms with Crippen LogP contribution in [0.15, 0.2) is 32.7 Å². The van der Waals surface area contributed by atoms with Crippen LogP contribution in [0.1, 0.15) is 15.2 Å². The fourth-order valence-electron chi connectivity index (χ4n) is 1.17. The summed E-state index contributed by atoms with van der Waals surface area (Å²) in [6.07, 6.45) is 1.41. The molecule has 2 aromatic heterocycles. The number of carbonyl (C=O) groups excluding carboxylic acids is 1. The molecule has 0 spiro atoms. The van der Waals surface area contributed by atoms with Gasteiger partial charge < -0.3 is 5.32 Å². The Kier molecular flexibility index (Phi) is 4.11. The summed E-state index contributed by atoms with van der Waals surface area (Å²) in [7, 11) is 0. The molecule has 1 N–H and O–H groups in total. The molecule has 0 saturated heterocycles. The van der Waals surface area contributed by atoms with Crippen molar-refractivity contribution in [1.29, 1.82) is 5.26 Å². The molecule has 90 valence electrons. The molecule has 0 unspecified atom stereocenters. The van der Waals surface area contributed by atoms with E-state index in [9.17, 15) is 4.79 Å². The largest absolute Gasteiger partial charge is 0.306 e. The lowest BCUT2D eigenvalue weighted by molar-refractivity contribution is 0.103. The molecule has 18 heavy (non-hydrogen) atoms. The number of nitrogens with one attached hydrogen (secondary N) is 1. The first-order valence-corrected chi connectivity index (χ1v) is 7.12. The number of thiophene rings is 1. The number of pyridine rings is 1. The first kappa shape index (κ1) is 13.2. The molecule has 0 aliphatic carbocycles. The van der Waals surface area contributed by atoms with E-state index >= 15 is 0 Å². The summed E-state index contributed by atoms with van der Waals surface area (Å²) in [5, 5.41) is 11.3. The van der Waals surface area contributed by atoms with Crippen LogP contribution in [0.2, 0.25) is 0 Å². The molecular formula is C11H5Br2N3OS. The van der Waals surface area contributed by atoms with Gasteiger partial charge >= 0.3 is 0 Å². The fraction of sp³-hybridized carbons (Fsp3) is 0. The molecule has 0 fully saturated rings. The van der Waals surface area contributed by atoms with E-state index in [4.69, 9.17) is 5.26 Å². The highest BCUT2D eigenvalue weighted by Crippen LogP contribution is 2.32. The zero-order valence-corrected chi connectivity index (χ0v) is 12.8. The predicted octanol–water partition coefficient (Wildman–Crippen LogP) is 3.79. The van der Waals surface area contributed by atoms with Crippen LogP contribution in [-0.2, 0) is 0 Å². The minimum atomic E-state index is -0.233. The van der Waals surface area contributed by atoms with E-state index in [0.29, 0.717) is 16.3 Å². The maximum absolute atomic E-state index is 11.9. The Morgan fingerprint density at radius 1 is 1.44 bits per heavy atom. The van der Waals surface area contributed by atoms with Crippen molar-refractivity contribution in [1.82, 2.24) is 4.98 Å². The number of halogens is 2. The lowest BCUT2D eigenvalue weighted by atomic mass is 10.3. The summed E-state index contributed by atoms with van der Waals surface area (Å²) in [6, 6.07) is 6.89. The molecule has 0 aliphatic rings. The third-order valence-corrected chi connectivity index (χ3v) is 5.26. The second-order valence-corrected chi connectivity index (χ2v) is 6.45. The van der Waals surface area contributed by atoms with Gasteiger partial charge in [0.25, 0.3) is 5.91 Å². The number of nitrogens with zero attached hydrogens (tertiary/aromatic N) is 2. The van der Waals surface area contributed by atoms with E-state index < -0.39 is 0 Å². The average Bonchev–Trinajstić information content (AvgIpc) is 2.71. The van der Waals surface area contributed by atoms with Crippen molar-refractivity contribution < 1.29 is 4.79 Å². The predicted molar refractivity (Wildman–Crippen MR) is 76.6 cm³/mol. The van der Waals surface area contributed by atoms with Crippen molar-refractivity contribution in [2.75, 3.05) is 5.32 Å². The van der Waals surface area contributed by atoms with Crippen LogP contribution >= 0.6 is 43.2 Å². The van der Waals surface area contributed by atoms with Crippen molar-refractivity contribution in [3.05, 3.63) is 43.1 Å². The standard InChI is InChI=1S/C11H5Br2N3OS/c12-7-3-8(18-10(7)13)11(17)16-9-2-1-6(4-14)5-15-9/h1-3,5H,(H,15,16,17). The second kappa shape index (κ2) is 5.61. The van der Waals surface area contributed by atoms with Crippen LogP contribution < -0.4 is 5.32 Å². The SMILES string of the molecule is N#Cc1ccc(NC(=O)c2cc(Br)c(Br)s2)nc1. The number of anilines is 1. The summed E-state index contributed by atoms with van der Waals surface area (Å²) in [5.74, 6) is 0.184. The van der Waals surface area contributed by atoms with Crippen LogP contribution in [0.4, 0.5) is 5.82 Å². The monoisotopic (exact) mass is 385 g/mol. The molecule has 7 heteroatoms. The molecule has 0 radical (unpaired) electrons. The summed E-state index contributed by atoms with van der Waals surface area (Å²) in [6.45, 7) is 0. The number of carbonyl (C=O) groups is 1. The summed E-state index contributed by atoms with van der Waals surface area (Å²) in [5.41, 5.74) is 0.453. The molecule has 0 bridgehead atoms. The van der Waals surface area contributed by atoms with Crippen molar-refractivity contribution in [2.45, 2.75) is 0 Å². The van der Waals surface area contributed by atoms with Gasteiger partial charge in [0.1, 0.15) is 11.9 Å². The van der Waals surface area contributed by atoms with Crippen molar-refractivity contribution in [3.8, 4) is 6.07 Å². The van der Waals surface area contributed by atoms with Gasteiger partial charge in [0.15, 0.2) is 0 Å². The summed E-state index contributed by atoms with van der Waals surface area (Å²) >= 11 is 7.98. The van der Waals surface area contributed by atoms with Crippen LogP contribution in [0.5, 0.6) is 0 Å². The van der Waals surface area contributed by atoms with Gasteiger partial charge in [-0.3, -0.25) is 4.79 Å². The Hall–Kier alpha value is -1.23. The van der Waals surface area contributed by atoms with Gasteiger partial charge in [0, 0.05) is 10.7 Å². The minimum absolute atomic E-state index is 0.233. The number of hydrogen-bond acceptors (Lipinski definition) is 4. The molecule has 2 aromatic rings. The summed E-state index contributed by atoms with van der Waals surface area (Å²) in [4.78, 5) is 16.4. The van der Waals surface area contributed by atoms with E-state index in [1.165, 1.54) is 17.5 Å². The molecule has 1 amide bonds. The van der Waals surface area contributed by atoms with Crippen LogP contribution in [0.25, 0.3) is 0 Å². The Morgan fingerprint density at radius 3 is 2.72 bits per heavy atom. The van der Waals surface area contributed by atoms with Crippen molar-refractivity contribution in [3.63, 3.8) is 0 Å². The molecule has 0 saturated carbocycles. The van der Waals surface area contributed by atoms with Crippen LogP contribution in [0.3, 0.4) is 0 Å². The van der Waals surface area contributed by atoms with E-state index in [1.807, 2.05) is 6.07 Å². The highest BCUT2D eigenvalue weighted by Gasteiger charge is 2.12. The Balaban J connectivity index is 2.13. The quantitative estimate of drug-likeness (QED) is 0.853. The number of aromatic nitrogens is 1. The maximum Gasteiger partial charge on any atom is 0.266 e. The number of rotatable bonds is 2. The summed E-state index contributed by atoms with van der Waals surface area (Å²) < 4.78 is 1.70. The Labute approximate surface area is 124 Å². The van der Waals surface area contributed by atoms with Gasteiger partial charge in [0.2, 0.25) is 0 Å². The highest BCUT2D eigenvalue weighted by molar-refractivity contribution is 9.13. The second-order valence-electron chi connectivity index (χ2n) is 3.23. The first-order chi connectivity index (χ1) is 8.60. The van der Waals surface area contributed by atoms with Gasteiger partial charge in [-0.15, -0.1) is 11.3 Å². The molecule has 2 rings (SSSR count). The van der Waals surface area contributed by atoms with E-state index in [2.05, 4.69) is 42.2 Å². The maximum atomic E-state index is 11.9. The normalized spacial score (nSPS) is 9.83. The van der Waals surface area contributed by atoms with E-state index in [-0.39, 0.29) is 5.91 Å². The third-order valence-electron chi connectivity index (χ3n) is 2.00. The average molecular weight is 387 g/mol. The van der Waals surface area contributed by atoms with Gasteiger partial charge in [-0.25, -0.2) is 4.98 Å². The van der Waals surface area contributed by atoms with Crippen molar-refractivity contribution >= 4 is 54.9 Å². The number of nitriles is 1. The molecule has 0 aromatic carbocycles. The van der Waals surface area contributed by atoms with E-state index in [0.717, 1.165) is 8.26 Å². The first-order valence-electron chi connectivity index (χ1n) is 4.72. The number of hydrogen-bond donors (Lipinski definition) is 1. The van der Waals surface area contributed by atoms with Gasteiger partial charge in [-0.2, -0.15) is 5.26 Å². The molecule has 0 aliphatic heterocycles. The molecule has 2 heterocycles. The molecular weight excluding hydrogens is 382 g/mol. The van der Waals surface area contributed by atoms with Gasteiger partial charge in [-0.1, -0.05) is 0 Å². The molecule has 4 nitrogen and oxygen atoms in total. The van der Waals surface area contributed by atoms with Gasteiger partial charge in [-0.05, 0) is 50.1 Å². The fourth-order valence-corrected chi connectivity index (χ4v) is 3.10. The zero-order valence-electron chi connectivity index (χ0n) is 8.78. The van der Waals surface area contributed by atoms with Gasteiger partial charge in [0.05, 0.1) is 14.2 Å². The zero-order chi connectivity index (χ0) is 13.1. The Morgan fingerprint density at radius 2 is 2.22 bits per heavy atom. The Bertz CT molecular complexity index is 611. The third kappa shape index (κ3) is 2.96. The van der Waals surface area contributed by atoms with Crippen LogP contribution in [-0.4, -0.2) is 10.9 Å². The highest BCUT2D eigenvalue weighted by atomic mass is 79.9. The van der Waals surface area contributed by atoms with Crippen molar-refractivity contribution in [2.24, 2.45) is 0 Å². The lowest BCUT2D eigenvalue weighted by Crippen LogP contribution is -2.11. The minimum Gasteiger partial charge on any atom is -0.306 e. The number of amides is 1.